The second-order valence-corrected chi connectivity index (χ2v) is 6.75. The van der Waals surface area contributed by atoms with Crippen LogP contribution in [0.1, 0.15) is 24.7 Å². The van der Waals surface area contributed by atoms with Crippen LogP contribution in [0.25, 0.3) is 22.6 Å². The fourth-order valence-corrected chi connectivity index (χ4v) is 3.55. The molecule has 0 saturated heterocycles. The van der Waals surface area contributed by atoms with Crippen molar-refractivity contribution in [2.45, 2.75) is 19.9 Å². The van der Waals surface area contributed by atoms with Crippen LogP contribution in [0.4, 0.5) is 0 Å². The highest BCUT2D eigenvalue weighted by atomic mass is 35.5. The molecule has 0 amide bonds. The maximum Gasteiger partial charge on any atom is 0.261 e. The van der Waals surface area contributed by atoms with Crippen LogP contribution < -0.4 is 15.0 Å². The van der Waals surface area contributed by atoms with Gasteiger partial charge in [0.25, 0.3) is 5.56 Å². The predicted octanol–water partition coefficient (Wildman–Crippen LogP) is 4.40. The number of benzene rings is 2. The molecule has 0 saturated carbocycles. The van der Waals surface area contributed by atoms with Crippen molar-refractivity contribution in [2.24, 2.45) is 0 Å². The van der Waals surface area contributed by atoms with Crippen LogP contribution in [0.2, 0.25) is 5.02 Å². The van der Waals surface area contributed by atoms with Crippen LogP contribution in [0, 0.1) is 0 Å². The van der Waals surface area contributed by atoms with E-state index in [4.69, 9.17) is 26.1 Å². The summed E-state index contributed by atoms with van der Waals surface area (Å²) < 4.78 is 12.7. The molecule has 4 rings (SSSR count). The van der Waals surface area contributed by atoms with Gasteiger partial charge in [-0.1, -0.05) is 17.7 Å². The Hall–Kier alpha value is -2.79. The van der Waals surface area contributed by atoms with Crippen molar-refractivity contribution >= 4 is 34.2 Å². The Bertz CT molecular complexity index is 1120. The minimum atomic E-state index is -0.0508. The average molecular weight is 383 g/mol. The van der Waals surface area contributed by atoms with E-state index in [9.17, 15) is 4.79 Å². The van der Waals surface area contributed by atoms with Gasteiger partial charge in [-0.3, -0.25) is 9.36 Å². The molecule has 0 unspecified atom stereocenters. The van der Waals surface area contributed by atoms with E-state index in [0.29, 0.717) is 46.4 Å². The standard InChI is InChI=1S/C21H19ClN2O3/c1-3-27-18-7-4-13(11-19(18)26-2)10-14-8-9-24-20(14)23-17-6-5-15(22)12-16(17)21(24)25/h4-7,10-12H,3,8-9H2,1-2H3. The van der Waals surface area contributed by atoms with Crippen LogP contribution in [0.5, 0.6) is 11.5 Å². The zero-order valence-corrected chi connectivity index (χ0v) is 15.9. The summed E-state index contributed by atoms with van der Waals surface area (Å²) in [5.41, 5.74) is 2.61. The average Bonchev–Trinajstić information content (AvgIpc) is 3.07. The molecular formula is C21H19ClN2O3. The van der Waals surface area contributed by atoms with Crippen LogP contribution in [0.15, 0.2) is 41.2 Å². The second kappa shape index (κ2) is 7.08. The Morgan fingerprint density at radius 1 is 1.22 bits per heavy atom. The number of ether oxygens (including phenoxy) is 2. The molecule has 0 N–H and O–H groups in total. The lowest BCUT2D eigenvalue weighted by atomic mass is 10.1. The summed E-state index contributed by atoms with van der Waals surface area (Å²) >= 11 is 6.03. The van der Waals surface area contributed by atoms with Gasteiger partial charge in [-0.25, -0.2) is 4.98 Å². The summed E-state index contributed by atoms with van der Waals surface area (Å²) in [7, 11) is 1.62. The van der Waals surface area contributed by atoms with Crippen molar-refractivity contribution in [3.8, 4) is 11.5 Å². The number of rotatable bonds is 4. The van der Waals surface area contributed by atoms with Crippen LogP contribution in [-0.2, 0) is 6.54 Å². The number of methoxy groups -OCH3 is 1. The summed E-state index contributed by atoms with van der Waals surface area (Å²) in [5.74, 6) is 2.11. The first kappa shape index (κ1) is 17.6. The third-order valence-electron chi connectivity index (χ3n) is 4.64. The molecule has 0 aliphatic carbocycles. The maximum absolute atomic E-state index is 12.8. The molecule has 0 atom stereocenters. The van der Waals surface area contributed by atoms with Crippen LogP contribution in [0.3, 0.4) is 0 Å². The number of fused-ring (bicyclic) bond motifs is 2. The molecule has 1 aliphatic rings. The van der Waals surface area contributed by atoms with Crippen molar-refractivity contribution in [2.75, 3.05) is 13.7 Å². The lowest BCUT2D eigenvalue weighted by molar-refractivity contribution is 0.311. The number of aromatic nitrogens is 2. The number of allylic oxidation sites excluding steroid dienone is 1. The van der Waals surface area contributed by atoms with Gasteiger partial charge in [-0.15, -0.1) is 0 Å². The van der Waals surface area contributed by atoms with Gasteiger partial charge in [0.1, 0.15) is 5.82 Å². The fraction of sp³-hybridized carbons (Fsp3) is 0.238. The van der Waals surface area contributed by atoms with Crippen molar-refractivity contribution in [1.29, 1.82) is 0 Å². The minimum Gasteiger partial charge on any atom is -0.493 e. The van der Waals surface area contributed by atoms with Crippen molar-refractivity contribution in [3.05, 3.63) is 63.2 Å². The van der Waals surface area contributed by atoms with Gasteiger partial charge in [0.15, 0.2) is 11.5 Å². The molecule has 1 aromatic heterocycles. The van der Waals surface area contributed by atoms with Gasteiger partial charge in [0, 0.05) is 11.6 Å². The molecule has 6 heteroatoms. The quantitative estimate of drug-likeness (QED) is 0.671. The summed E-state index contributed by atoms with van der Waals surface area (Å²) in [6, 6.07) is 11.0. The van der Waals surface area contributed by atoms with Gasteiger partial charge in [0.05, 0.1) is 24.6 Å². The molecule has 0 spiro atoms. The second-order valence-electron chi connectivity index (χ2n) is 6.32. The lowest BCUT2D eigenvalue weighted by Gasteiger charge is -2.10. The molecule has 3 aromatic rings. The van der Waals surface area contributed by atoms with E-state index >= 15 is 0 Å². The van der Waals surface area contributed by atoms with E-state index in [2.05, 4.69) is 0 Å². The minimum absolute atomic E-state index is 0.0508. The predicted molar refractivity (Wildman–Crippen MR) is 108 cm³/mol. The highest BCUT2D eigenvalue weighted by molar-refractivity contribution is 6.31. The maximum atomic E-state index is 12.8. The highest BCUT2D eigenvalue weighted by Gasteiger charge is 2.21. The van der Waals surface area contributed by atoms with E-state index in [1.165, 1.54) is 0 Å². The molecule has 2 heterocycles. The van der Waals surface area contributed by atoms with E-state index in [-0.39, 0.29) is 5.56 Å². The Morgan fingerprint density at radius 2 is 2.07 bits per heavy atom. The van der Waals surface area contributed by atoms with Crippen molar-refractivity contribution in [3.63, 3.8) is 0 Å². The third kappa shape index (κ3) is 3.19. The van der Waals surface area contributed by atoms with Gasteiger partial charge < -0.3 is 9.47 Å². The van der Waals surface area contributed by atoms with Crippen LogP contribution in [-0.4, -0.2) is 23.3 Å². The zero-order valence-electron chi connectivity index (χ0n) is 15.2. The molecular weight excluding hydrogens is 364 g/mol. The van der Waals surface area contributed by atoms with Gasteiger partial charge in [-0.2, -0.15) is 0 Å². The number of halogens is 1. The molecule has 138 valence electrons. The molecule has 2 aromatic carbocycles. The zero-order chi connectivity index (χ0) is 19.0. The van der Waals surface area contributed by atoms with Gasteiger partial charge in [-0.05, 0) is 60.9 Å². The first-order valence-corrected chi connectivity index (χ1v) is 9.20. The third-order valence-corrected chi connectivity index (χ3v) is 4.87. The molecule has 0 radical (unpaired) electrons. The largest absolute Gasteiger partial charge is 0.493 e. The van der Waals surface area contributed by atoms with E-state index in [1.54, 1.807) is 29.9 Å². The number of hydrogen-bond acceptors (Lipinski definition) is 4. The molecule has 0 fully saturated rings. The van der Waals surface area contributed by atoms with E-state index in [0.717, 1.165) is 17.6 Å². The van der Waals surface area contributed by atoms with E-state index in [1.807, 2.05) is 31.2 Å². The lowest BCUT2D eigenvalue weighted by Crippen LogP contribution is -2.20. The smallest absolute Gasteiger partial charge is 0.261 e. The fourth-order valence-electron chi connectivity index (χ4n) is 3.38. The van der Waals surface area contributed by atoms with Gasteiger partial charge in [0.2, 0.25) is 0 Å². The monoisotopic (exact) mass is 382 g/mol. The first-order chi connectivity index (χ1) is 13.1. The summed E-state index contributed by atoms with van der Waals surface area (Å²) in [4.78, 5) is 17.5. The Balaban J connectivity index is 1.79. The summed E-state index contributed by atoms with van der Waals surface area (Å²) in [6.07, 6.45) is 2.80. The van der Waals surface area contributed by atoms with Crippen LogP contribution >= 0.6 is 11.6 Å². The number of hydrogen-bond donors (Lipinski definition) is 0. The first-order valence-electron chi connectivity index (χ1n) is 8.82. The highest BCUT2D eigenvalue weighted by Crippen LogP contribution is 2.32. The SMILES string of the molecule is CCOc1ccc(C=C2CCn3c2nc2ccc(Cl)cc2c3=O)cc1OC. The molecule has 27 heavy (non-hydrogen) atoms. The normalized spacial score (nSPS) is 14.6. The Labute approximate surface area is 161 Å². The molecule has 5 nitrogen and oxygen atoms in total. The molecule has 0 bridgehead atoms. The molecule has 1 aliphatic heterocycles. The summed E-state index contributed by atoms with van der Waals surface area (Å²) in [5, 5.41) is 1.09. The van der Waals surface area contributed by atoms with E-state index < -0.39 is 0 Å². The summed E-state index contributed by atoms with van der Waals surface area (Å²) in [6.45, 7) is 3.13. The Kier molecular flexibility index (Phi) is 4.62. The number of nitrogens with zero attached hydrogens (tertiary/aromatic N) is 2. The topological polar surface area (TPSA) is 53.4 Å². The van der Waals surface area contributed by atoms with Gasteiger partial charge >= 0.3 is 0 Å². The van der Waals surface area contributed by atoms with Crippen molar-refractivity contribution < 1.29 is 9.47 Å². The van der Waals surface area contributed by atoms with Crippen molar-refractivity contribution in [1.82, 2.24) is 9.55 Å². The Morgan fingerprint density at radius 3 is 2.85 bits per heavy atom.